The van der Waals surface area contributed by atoms with Gasteiger partial charge >= 0.3 is 7.82 Å². The van der Waals surface area contributed by atoms with Crippen molar-refractivity contribution in [3.05, 3.63) is 102 Å². The summed E-state index contributed by atoms with van der Waals surface area (Å²) in [6.07, 6.45) is 25.6. The lowest BCUT2D eigenvalue weighted by atomic mass is 9.57. The van der Waals surface area contributed by atoms with Crippen molar-refractivity contribution in [3.63, 3.8) is 0 Å². The van der Waals surface area contributed by atoms with E-state index in [9.17, 15) is 14.4 Å². The fourth-order valence-electron chi connectivity index (χ4n) is 5.80. The molecule has 0 saturated carbocycles. The molecule has 0 amide bonds. The van der Waals surface area contributed by atoms with Gasteiger partial charge in [-0.15, -0.1) is 0 Å². The number of phosphoric acid groups is 1. The molecule has 2 N–H and O–H groups in total. The van der Waals surface area contributed by atoms with Gasteiger partial charge in [0, 0.05) is 21.8 Å². The Bertz CT molecular complexity index is 1230. The van der Waals surface area contributed by atoms with Crippen LogP contribution in [0.2, 0.25) is 0 Å². The van der Waals surface area contributed by atoms with E-state index >= 15 is 0 Å². The zero-order valence-corrected chi connectivity index (χ0v) is 22.4. The van der Waals surface area contributed by atoms with E-state index < -0.39 is 18.7 Å². The Balaban J connectivity index is 2.15. The van der Waals surface area contributed by atoms with Gasteiger partial charge in [0.25, 0.3) is 0 Å². The van der Waals surface area contributed by atoms with E-state index in [1.54, 1.807) is 6.07 Å². The lowest BCUT2D eigenvalue weighted by molar-refractivity contribution is 0.278. The molecule has 6 atom stereocenters. The second-order valence-corrected chi connectivity index (χ2v) is 12.1. The molecule has 1 aromatic carbocycles. The Morgan fingerprint density at radius 3 is 1.54 bits per heavy atom. The molecule has 0 aromatic heterocycles. The third-order valence-corrected chi connectivity index (χ3v) is 9.17. The molecule has 0 radical (unpaired) electrons. The average Bonchev–Trinajstić information content (AvgIpc) is 2.78. The number of phosphoric ester groups is 1. The van der Waals surface area contributed by atoms with E-state index in [1.807, 2.05) is 18.2 Å². The third-order valence-electron chi connectivity index (χ3n) is 8.74. The summed E-state index contributed by atoms with van der Waals surface area (Å²) in [5.74, 6) is 0.741. The third kappa shape index (κ3) is 4.37. The van der Waals surface area contributed by atoms with E-state index in [-0.39, 0.29) is 28.9 Å². The topological polar surface area (TPSA) is 66.8 Å². The van der Waals surface area contributed by atoms with Crippen LogP contribution >= 0.6 is 7.82 Å². The lowest BCUT2D eigenvalue weighted by Gasteiger charge is -2.47. The fraction of sp³-hybridized carbons (Fsp3) is 0.400. The van der Waals surface area contributed by atoms with Crippen LogP contribution in [0.25, 0.3) is 0 Å². The van der Waals surface area contributed by atoms with Crippen molar-refractivity contribution < 1.29 is 18.9 Å². The summed E-state index contributed by atoms with van der Waals surface area (Å²) in [6.45, 7) is 13.2. The van der Waals surface area contributed by atoms with Gasteiger partial charge in [-0.05, 0) is 34.9 Å². The SMILES string of the molecule is CC1C=CC=CC1(C)c1ccc(OP(=O)(O)O)c(C2(C)C=CC=CC2C)c1C1(C)C=CC=CC1C. The molecule has 0 bridgehead atoms. The Morgan fingerprint density at radius 1 is 0.686 bits per heavy atom. The van der Waals surface area contributed by atoms with Crippen molar-refractivity contribution in [2.24, 2.45) is 17.8 Å². The molecule has 6 unspecified atom stereocenters. The minimum absolute atomic E-state index is 0.0923. The normalized spacial score (nSPS) is 36.1. The molecule has 3 aliphatic carbocycles. The van der Waals surface area contributed by atoms with E-state index in [0.29, 0.717) is 0 Å². The highest BCUT2D eigenvalue weighted by Gasteiger charge is 2.46. The van der Waals surface area contributed by atoms with Crippen LogP contribution in [-0.2, 0) is 20.8 Å². The largest absolute Gasteiger partial charge is 0.524 e. The van der Waals surface area contributed by atoms with Crippen LogP contribution < -0.4 is 4.52 Å². The molecule has 0 spiro atoms. The number of allylic oxidation sites excluding steroid dienone is 12. The van der Waals surface area contributed by atoms with Gasteiger partial charge in [-0.3, -0.25) is 9.79 Å². The first-order valence-electron chi connectivity index (χ1n) is 12.3. The summed E-state index contributed by atoms with van der Waals surface area (Å²) in [4.78, 5) is 19.8. The monoisotopic (exact) mass is 492 g/mol. The fourth-order valence-corrected chi connectivity index (χ4v) is 6.21. The molecular formula is C30H37O4P. The van der Waals surface area contributed by atoms with Crippen molar-refractivity contribution >= 4 is 7.82 Å². The zero-order valence-electron chi connectivity index (χ0n) is 21.5. The van der Waals surface area contributed by atoms with Crippen LogP contribution in [0.5, 0.6) is 5.75 Å². The lowest BCUT2D eigenvalue weighted by Crippen LogP contribution is -2.40. The zero-order chi connectivity index (χ0) is 25.6. The highest BCUT2D eigenvalue weighted by atomic mass is 31.2. The van der Waals surface area contributed by atoms with Crippen molar-refractivity contribution in [2.75, 3.05) is 0 Å². The Kier molecular flexibility index (Phi) is 6.55. The van der Waals surface area contributed by atoms with Gasteiger partial charge in [0.15, 0.2) is 0 Å². The maximum absolute atomic E-state index is 12.1. The van der Waals surface area contributed by atoms with Crippen molar-refractivity contribution in [2.45, 2.75) is 57.8 Å². The first-order valence-corrected chi connectivity index (χ1v) is 13.9. The maximum Gasteiger partial charge on any atom is 0.524 e. The second-order valence-electron chi connectivity index (χ2n) is 10.9. The molecule has 1 aromatic rings. The number of hydrogen-bond donors (Lipinski definition) is 2. The molecule has 3 aliphatic rings. The summed E-state index contributed by atoms with van der Waals surface area (Å²) in [6, 6.07) is 3.78. The van der Waals surface area contributed by atoms with Crippen molar-refractivity contribution in [1.29, 1.82) is 0 Å². The number of hydrogen-bond acceptors (Lipinski definition) is 2. The van der Waals surface area contributed by atoms with E-state index in [0.717, 1.165) is 16.7 Å². The summed E-state index contributed by atoms with van der Waals surface area (Å²) in [5, 5.41) is 0. The van der Waals surface area contributed by atoms with Gasteiger partial charge in [0.05, 0.1) is 0 Å². The smallest absolute Gasteiger partial charge is 0.404 e. The van der Waals surface area contributed by atoms with Crippen LogP contribution in [-0.4, -0.2) is 9.79 Å². The predicted molar refractivity (Wildman–Crippen MR) is 144 cm³/mol. The Labute approximate surface area is 209 Å². The van der Waals surface area contributed by atoms with E-state index in [4.69, 9.17) is 4.52 Å². The summed E-state index contributed by atoms with van der Waals surface area (Å²) >= 11 is 0. The standard InChI is InChI=1S/C30H37O4P/c1-21-13-7-10-18-28(21,4)24-16-17-25(34-35(31,32)33)27(30(6)20-12-9-15-23(30)3)26(24)29(5)19-11-8-14-22(29)2/h7-23H,1-6H3,(H2,31,32,33). The minimum atomic E-state index is -4.79. The Morgan fingerprint density at radius 2 is 1.11 bits per heavy atom. The molecule has 0 saturated heterocycles. The van der Waals surface area contributed by atoms with Gasteiger partial charge in [0.1, 0.15) is 5.75 Å². The number of benzene rings is 1. The van der Waals surface area contributed by atoms with Gasteiger partial charge in [-0.25, -0.2) is 4.57 Å². The predicted octanol–water partition coefficient (Wildman–Crippen LogP) is 7.22. The second kappa shape index (κ2) is 8.92. The molecular weight excluding hydrogens is 455 g/mol. The van der Waals surface area contributed by atoms with Crippen LogP contribution in [0.4, 0.5) is 0 Å². The number of rotatable bonds is 5. The van der Waals surface area contributed by atoms with Gasteiger partial charge in [-0.1, -0.05) is 121 Å². The van der Waals surface area contributed by atoms with Crippen molar-refractivity contribution in [3.8, 4) is 5.75 Å². The molecule has 186 valence electrons. The quantitative estimate of drug-likeness (QED) is 0.426. The first-order chi connectivity index (χ1) is 16.3. The molecule has 5 heteroatoms. The molecule has 0 fully saturated rings. The van der Waals surface area contributed by atoms with Gasteiger partial charge in [-0.2, -0.15) is 0 Å². The van der Waals surface area contributed by atoms with Crippen LogP contribution in [0, 0.1) is 17.8 Å². The summed E-state index contributed by atoms with van der Waals surface area (Å²) in [5.41, 5.74) is 1.84. The first kappa shape index (κ1) is 25.7. The molecule has 0 aliphatic heterocycles. The van der Waals surface area contributed by atoms with Crippen LogP contribution in [0.1, 0.15) is 58.2 Å². The van der Waals surface area contributed by atoms with Crippen molar-refractivity contribution in [1.82, 2.24) is 0 Å². The van der Waals surface area contributed by atoms with Gasteiger partial charge in [0.2, 0.25) is 0 Å². The minimum Gasteiger partial charge on any atom is -0.404 e. The molecule has 4 nitrogen and oxygen atoms in total. The highest BCUT2D eigenvalue weighted by Crippen LogP contribution is 2.55. The average molecular weight is 493 g/mol. The summed E-state index contributed by atoms with van der Waals surface area (Å²) in [7, 11) is -4.79. The van der Waals surface area contributed by atoms with Crippen LogP contribution in [0.3, 0.4) is 0 Å². The highest BCUT2D eigenvalue weighted by molar-refractivity contribution is 7.46. The maximum atomic E-state index is 12.1. The van der Waals surface area contributed by atoms with E-state index in [1.165, 1.54) is 0 Å². The van der Waals surface area contributed by atoms with E-state index in [2.05, 4.69) is 102 Å². The van der Waals surface area contributed by atoms with Crippen LogP contribution in [0.15, 0.2) is 85.0 Å². The molecule has 35 heavy (non-hydrogen) atoms. The molecule has 0 heterocycles. The van der Waals surface area contributed by atoms with Gasteiger partial charge < -0.3 is 4.52 Å². The Hall–Kier alpha value is -2.39. The molecule has 4 rings (SSSR count). The summed E-state index contributed by atoms with van der Waals surface area (Å²) < 4.78 is 17.6.